The number of carbonyl (C=O) groups excluding carboxylic acids is 1. The van der Waals surface area contributed by atoms with Gasteiger partial charge >= 0.3 is 109 Å². The van der Waals surface area contributed by atoms with Gasteiger partial charge < -0.3 is 25.4 Å². The molecule has 0 aliphatic carbocycles. The van der Waals surface area contributed by atoms with Crippen molar-refractivity contribution < 1.29 is 128 Å². The summed E-state index contributed by atoms with van der Waals surface area (Å²) in [6, 6.07) is 0. The molecule has 1 fully saturated rings. The van der Waals surface area contributed by atoms with Crippen LogP contribution in [0.1, 0.15) is 19.8 Å². The van der Waals surface area contributed by atoms with Gasteiger partial charge in [-0.05, 0) is 39.0 Å². The van der Waals surface area contributed by atoms with Gasteiger partial charge in [-0.3, -0.25) is 4.79 Å². The number of rotatable bonds is 1. The molecule has 0 unspecified atom stereocenters. The van der Waals surface area contributed by atoms with E-state index in [1.54, 1.807) is 0 Å². The van der Waals surface area contributed by atoms with Gasteiger partial charge in [-0.2, -0.15) is 0 Å². The maximum Gasteiger partial charge on any atom is 1.00 e. The Labute approximate surface area is 179 Å². The Hall–Kier alpha value is 1.97. The molecule has 0 aromatic rings. The fourth-order valence-electron chi connectivity index (χ4n) is 1.19. The van der Waals surface area contributed by atoms with Crippen molar-refractivity contribution in [3.63, 3.8) is 0 Å². The standard InChI is InChI=1S/C7H13NO2.CH2O3.2K/c1-7(6(9)10)2-4-8-5-3-7;2-1(3)4;;/h8H,2-5H2,1H3,(H,9,10);(H2,2,3,4);;/q;;2*+1/p-2. The second-order valence-electron chi connectivity index (χ2n) is 3.37. The van der Waals surface area contributed by atoms with Gasteiger partial charge in [0.05, 0.1) is 5.41 Å². The van der Waals surface area contributed by atoms with Crippen LogP contribution in [-0.4, -0.2) is 30.3 Å². The van der Waals surface area contributed by atoms with Crippen molar-refractivity contribution >= 4 is 12.1 Å². The van der Waals surface area contributed by atoms with Crippen molar-refractivity contribution in [3.05, 3.63) is 0 Å². The molecule has 0 amide bonds. The van der Waals surface area contributed by atoms with E-state index in [-0.39, 0.29) is 103 Å². The quantitative estimate of drug-likeness (QED) is 0.462. The Kier molecular flexibility index (Phi) is 17.4. The molecule has 1 heterocycles. The van der Waals surface area contributed by atoms with Gasteiger partial charge in [-0.15, -0.1) is 0 Å². The topological polar surface area (TPSA) is 113 Å². The molecule has 0 atom stereocenters. The summed E-state index contributed by atoms with van der Waals surface area (Å²) in [7, 11) is 0. The van der Waals surface area contributed by atoms with Gasteiger partial charge in [-0.1, -0.05) is 0 Å². The molecule has 0 spiro atoms. The van der Waals surface area contributed by atoms with Crippen LogP contribution < -0.4 is 118 Å². The summed E-state index contributed by atoms with van der Waals surface area (Å²) in [6.07, 6.45) is -0.829. The monoisotopic (exact) mass is 281 g/mol. The van der Waals surface area contributed by atoms with Crippen molar-refractivity contribution in [3.8, 4) is 0 Å². The van der Waals surface area contributed by atoms with Crippen molar-refractivity contribution in [1.82, 2.24) is 5.32 Å². The SMILES string of the molecule is CC1(C(=O)O)CCNCC1.O=C([O-])[O-].[K+].[K+]. The van der Waals surface area contributed by atoms with Gasteiger partial charge in [-0.25, -0.2) is 0 Å². The summed E-state index contributed by atoms with van der Waals surface area (Å²) in [4.78, 5) is 19.0. The van der Waals surface area contributed by atoms with Crippen LogP contribution in [0, 0.1) is 5.41 Å². The smallest absolute Gasteiger partial charge is 0.652 e. The summed E-state index contributed by atoms with van der Waals surface area (Å²) < 4.78 is 0. The van der Waals surface area contributed by atoms with Crippen LogP contribution >= 0.6 is 0 Å². The third-order valence-electron chi connectivity index (χ3n) is 2.22. The average Bonchev–Trinajstić information content (AvgIpc) is 2.04. The Morgan fingerprint density at radius 3 is 1.69 bits per heavy atom. The molecule has 82 valence electrons. The molecule has 0 radical (unpaired) electrons. The number of carboxylic acids is 1. The molecule has 0 bridgehead atoms. The van der Waals surface area contributed by atoms with Gasteiger partial charge in [0.1, 0.15) is 0 Å². The average molecular weight is 281 g/mol. The maximum atomic E-state index is 10.6. The molecule has 8 heteroatoms. The Morgan fingerprint density at radius 2 is 1.50 bits per heavy atom. The van der Waals surface area contributed by atoms with E-state index in [0.29, 0.717) is 0 Å². The Balaban J connectivity index is -0.000000249. The minimum atomic E-state index is -2.33. The Morgan fingerprint density at radius 1 is 1.19 bits per heavy atom. The Bertz CT molecular complexity index is 214. The van der Waals surface area contributed by atoms with Crippen LogP contribution in [0.3, 0.4) is 0 Å². The van der Waals surface area contributed by atoms with E-state index in [9.17, 15) is 4.79 Å². The first-order valence-corrected chi connectivity index (χ1v) is 4.20. The largest absolute Gasteiger partial charge is 1.00 e. The van der Waals surface area contributed by atoms with Crippen LogP contribution in [0.25, 0.3) is 0 Å². The first kappa shape index (κ1) is 23.1. The molecule has 1 aliphatic heterocycles. The third-order valence-corrected chi connectivity index (χ3v) is 2.22. The van der Waals surface area contributed by atoms with E-state index < -0.39 is 17.5 Å². The molecule has 0 saturated carbocycles. The minimum Gasteiger partial charge on any atom is -0.652 e. The summed E-state index contributed by atoms with van der Waals surface area (Å²) in [5, 5.41) is 28.6. The molecule has 0 aromatic heterocycles. The van der Waals surface area contributed by atoms with Crippen LogP contribution in [0.15, 0.2) is 0 Å². The van der Waals surface area contributed by atoms with E-state index in [2.05, 4.69) is 5.32 Å². The van der Waals surface area contributed by atoms with E-state index in [1.807, 2.05) is 6.92 Å². The first-order chi connectivity index (χ1) is 6.38. The van der Waals surface area contributed by atoms with Crippen molar-refractivity contribution in [2.75, 3.05) is 13.1 Å². The number of carboxylic acid groups (broad SMARTS) is 3. The van der Waals surface area contributed by atoms with Crippen LogP contribution in [0.2, 0.25) is 0 Å². The molecule has 6 nitrogen and oxygen atoms in total. The van der Waals surface area contributed by atoms with E-state index in [4.69, 9.17) is 20.1 Å². The molecule has 1 saturated heterocycles. The summed E-state index contributed by atoms with van der Waals surface area (Å²) in [6.45, 7) is 3.49. The number of aliphatic carboxylic acids is 1. The zero-order valence-electron chi connectivity index (χ0n) is 9.91. The number of carbonyl (C=O) groups is 2. The second-order valence-corrected chi connectivity index (χ2v) is 3.37. The van der Waals surface area contributed by atoms with Gasteiger partial charge in [0, 0.05) is 0 Å². The van der Waals surface area contributed by atoms with Gasteiger partial charge in [0.2, 0.25) is 0 Å². The fraction of sp³-hybridized carbons (Fsp3) is 0.750. The van der Waals surface area contributed by atoms with Crippen molar-refractivity contribution in [2.24, 2.45) is 5.41 Å². The molecular weight excluding hydrogens is 268 g/mol. The summed E-state index contributed by atoms with van der Waals surface area (Å²) in [5.74, 6) is -0.658. The molecule has 2 N–H and O–H groups in total. The van der Waals surface area contributed by atoms with Crippen molar-refractivity contribution in [1.29, 1.82) is 0 Å². The zero-order valence-corrected chi connectivity index (χ0v) is 16.2. The van der Waals surface area contributed by atoms with E-state index in [0.717, 1.165) is 25.9 Å². The molecular formula is C8H13K2NO5. The van der Waals surface area contributed by atoms with Crippen LogP contribution in [0.4, 0.5) is 4.79 Å². The predicted molar refractivity (Wildman–Crippen MR) is 43.2 cm³/mol. The van der Waals surface area contributed by atoms with E-state index >= 15 is 0 Å². The fourth-order valence-corrected chi connectivity index (χ4v) is 1.19. The predicted octanol–water partition coefficient (Wildman–Crippen LogP) is -7.98. The first-order valence-electron chi connectivity index (χ1n) is 4.20. The molecule has 1 aliphatic rings. The third kappa shape index (κ3) is 11.1. The molecule has 1 rings (SSSR count). The second kappa shape index (κ2) is 12.0. The maximum absolute atomic E-state index is 10.6. The summed E-state index contributed by atoms with van der Waals surface area (Å²) in [5.41, 5.74) is -0.467. The van der Waals surface area contributed by atoms with E-state index in [1.165, 1.54) is 0 Å². The van der Waals surface area contributed by atoms with Gasteiger partial charge in [0.25, 0.3) is 0 Å². The zero-order chi connectivity index (χ0) is 11.2. The summed E-state index contributed by atoms with van der Waals surface area (Å²) >= 11 is 0. The number of nitrogens with one attached hydrogen (secondary N) is 1. The number of hydrogen-bond acceptors (Lipinski definition) is 5. The minimum absolute atomic E-state index is 0. The van der Waals surface area contributed by atoms with Crippen LogP contribution in [-0.2, 0) is 4.79 Å². The number of hydrogen-bond donors (Lipinski definition) is 2. The normalized spacial score (nSPS) is 16.6. The molecule has 0 aromatic carbocycles. The van der Waals surface area contributed by atoms with Crippen LogP contribution in [0.5, 0.6) is 0 Å². The molecule has 16 heavy (non-hydrogen) atoms. The van der Waals surface area contributed by atoms with Gasteiger partial charge in [0.15, 0.2) is 0 Å². The number of piperidine rings is 1. The van der Waals surface area contributed by atoms with Crippen molar-refractivity contribution in [2.45, 2.75) is 19.8 Å².